The van der Waals surface area contributed by atoms with Crippen LogP contribution in [0.4, 0.5) is 11.4 Å². The van der Waals surface area contributed by atoms with Crippen LogP contribution in [0.2, 0.25) is 0 Å². The summed E-state index contributed by atoms with van der Waals surface area (Å²) < 4.78 is 2.45. The number of benzene rings is 7. The Labute approximate surface area is 327 Å². The van der Waals surface area contributed by atoms with Crippen molar-refractivity contribution in [1.82, 2.24) is 4.68 Å². The maximum Gasteiger partial charge on any atom is 0.0795 e. The molecule has 1 aromatic heterocycles. The summed E-state index contributed by atoms with van der Waals surface area (Å²) in [5.74, 6) is 0. The number of anilines is 2. The molecule has 7 aromatic carbocycles. The lowest BCUT2D eigenvalue weighted by Gasteiger charge is -2.29. The number of hydrogen-bond acceptors (Lipinski definition) is 3. The normalized spacial score (nSPS) is 13.9. The predicted molar refractivity (Wildman–Crippen MR) is 237 cm³/mol. The Morgan fingerprint density at radius 2 is 1.11 bits per heavy atom. The van der Waals surface area contributed by atoms with Gasteiger partial charge < -0.3 is 0 Å². The van der Waals surface area contributed by atoms with E-state index in [0.29, 0.717) is 0 Å². The molecule has 8 aromatic rings. The molecule has 0 aliphatic carbocycles. The van der Waals surface area contributed by atoms with Gasteiger partial charge in [0, 0.05) is 41.0 Å². The van der Waals surface area contributed by atoms with E-state index in [9.17, 15) is 0 Å². The van der Waals surface area contributed by atoms with Gasteiger partial charge in [-0.05, 0) is 112 Å². The van der Waals surface area contributed by atoms with E-state index >= 15 is 0 Å². The molecule has 4 heteroatoms. The molecule has 56 heavy (non-hydrogen) atoms. The lowest BCUT2D eigenvalue weighted by Crippen LogP contribution is -2.24. The van der Waals surface area contributed by atoms with Gasteiger partial charge in [-0.25, -0.2) is 9.69 Å². The molecule has 0 atom stereocenters. The number of fused-ring (bicyclic) bond motifs is 3. The molecule has 0 bridgehead atoms. The van der Waals surface area contributed by atoms with Crippen molar-refractivity contribution < 1.29 is 0 Å². The Morgan fingerprint density at radius 3 is 1.73 bits per heavy atom. The Morgan fingerprint density at radius 1 is 0.500 bits per heavy atom. The Hall–Kier alpha value is -7.04. The fourth-order valence-corrected chi connectivity index (χ4v) is 8.17. The van der Waals surface area contributed by atoms with E-state index in [1.54, 1.807) is 0 Å². The molecular weight excluding hydrogens is 681 g/mol. The van der Waals surface area contributed by atoms with Gasteiger partial charge in [0.25, 0.3) is 0 Å². The lowest BCUT2D eigenvalue weighted by atomic mass is 9.95. The van der Waals surface area contributed by atoms with Gasteiger partial charge in [-0.3, -0.25) is 9.98 Å². The lowest BCUT2D eigenvalue weighted by molar-refractivity contribution is 0.886. The van der Waals surface area contributed by atoms with E-state index in [1.165, 1.54) is 55.3 Å². The molecule has 0 N–H and O–H groups in total. The van der Waals surface area contributed by atoms with Crippen molar-refractivity contribution in [2.45, 2.75) is 19.3 Å². The van der Waals surface area contributed by atoms with E-state index in [-0.39, 0.29) is 0 Å². The van der Waals surface area contributed by atoms with Crippen LogP contribution in [-0.2, 0) is 0 Å². The van der Waals surface area contributed by atoms with Crippen LogP contribution in [0.1, 0.15) is 30.4 Å². The molecule has 0 saturated heterocycles. The molecule has 0 fully saturated rings. The summed E-state index contributed by atoms with van der Waals surface area (Å²) in [6.07, 6.45) is 11.3. The molecule has 0 unspecified atom stereocenters. The van der Waals surface area contributed by atoms with Crippen molar-refractivity contribution in [3.8, 4) is 33.4 Å². The second kappa shape index (κ2) is 14.7. The molecule has 0 saturated carbocycles. The number of aromatic nitrogens is 1. The molecular formula is C52H40N4. The summed E-state index contributed by atoms with van der Waals surface area (Å²) in [5, 5.41) is 4.78. The Bertz CT molecular complexity index is 2810. The number of dihydropyridines is 1. The van der Waals surface area contributed by atoms with Gasteiger partial charge in [0.05, 0.1) is 22.4 Å². The summed E-state index contributed by atoms with van der Waals surface area (Å²) in [6, 6.07) is 61.9. The molecule has 3 heterocycles. The van der Waals surface area contributed by atoms with Crippen LogP contribution in [0, 0.1) is 0 Å². The van der Waals surface area contributed by atoms with Gasteiger partial charge >= 0.3 is 0 Å². The van der Waals surface area contributed by atoms with Gasteiger partial charge in [0.1, 0.15) is 0 Å². The minimum atomic E-state index is 0.851. The number of nitrogens with zero attached hydrogens (tertiary/aromatic N) is 4. The average molecular weight is 721 g/mol. The molecule has 0 spiro atoms. The van der Waals surface area contributed by atoms with Crippen LogP contribution in [-0.4, -0.2) is 23.1 Å². The van der Waals surface area contributed by atoms with Crippen LogP contribution in [0.5, 0.6) is 0 Å². The summed E-state index contributed by atoms with van der Waals surface area (Å²) in [7, 11) is 0. The number of hydrogen-bond donors (Lipinski definition) is 0. The second-order valence-corrected chi connectivity index (χ2v) is 14.4. The Kier molecular flexibility index (Phi) is 8.77. The van der Waals surface area contributed by atoms with Crippen LogP contribution in [0.25, 0.3) is 60.8 Å². The highest BCUT2D eigenvalue weighted by atomic mass is 15.6. The maximum atomic E-state index is 4.73. The number of rotatable bonds is 8. The van der Waals surface area contributed by atoms with Crippen LogP contribution in [0.15, 0.2) is 198 Å². The van der Waals surface area contributed by atoms with Crippen molar-refractivity contribution in [3.05, 3.63) is 199 Å². The van der Waals surface area contributed by atoms with Crippen LogP contribution < -0.4 is 5.01 Å². The molecule has 4 nitrogen and oxygen atoms in total. The first kappa shape index (κ1) is 33.5. The second-order valence-electron chi connectivity index (χ2n) is 14.4. The van der Waals surface area contributed by atoms with E-state index in [4.69, 9.17) is 4.99 Å². The zero-order chi connectivity index (χ0) is 37.3. The zero-order valence-corrected chi connectivity index (χ0v) is 31.1. The smallest absolute Gasteiger partial charge is 0.0795 e. The third kappa shape index (κ3) is 6.25. The van der Waals surface area contributed by atoms with Gasteiger partial charge in [-0.1, -0.05) is 133 Å². The van der Waals surface area contributed by atoms with Gasteiger partial charge in [0.15, 0.2) is 0 Å². The first-order chi connectivity index (χ1) is 27.8. The van der Waals surface area contributed by atoms with Crippen molar-refractivity contribution in [1.29, 1.82) is 0 Å². The standard InChI is InChI=1S/C52H40N4/c1-4-13-37(14-5-1)42-25-30-51-48(33-42)49-35-44(38-15-6-2-7-16-38)34-47(40-17-8-3-9-18-40)52(49)56(51)55(45-26-21-39(22-27-45)43-19-12-31-53-36-43)46-28-23-41(24-29-46)50-20-10-11-32-54-50/h1-9,11,13-19,21-30,32-36H,10,12,20,31H2. The highest BCUT2D eigenvalue weighted by molar-refractivity contribution is 6.16. The van der Waals surface area contributed by atoms with Gasteiger partial charge in [0.2, 0.25) is 0 Å². The molecule has 2 aliphatic rings. The SMILES string of the molecule is C1=CN=C(c2ccc(N(c3ccc(C4=CCCN=C4)cc3)n3c4ccc(-c5ccccc5)cc4c4cc(-c5ccccc5)cc(-c5ccccc5)c43)cc2)CC1. The number of aliphatic imine (C=N–C) groups is 2. The topological polar surface area (TPSA) is 32.9 Å². The molecule has 0 radical (unpaired) electrons. The largest absolute Gasteiger partial charge is 0.292 e. The summed E-state index contributed by atoms with van der Waals surface area (Å²) in [4.78, 5) is 9.30. The van der Waals surface area contributed by atoms with Gasteiger partial charge in [-0.15, -0.1) is 0 Å². The van der Waals surface area contributed by atoms with Crippen molar-refractivity contribution >= 4 is 50.7 Å². The Balaban J connectivity index is 1.27. The molecule has 2 aliphatic heterocycles. The summed E-state index contributed by atoms with van der Waals surface area (Å²) in [5.41, 5.74) is 16.1. The highest BCUT2D eigenvalue weighted by Crippen LogP contribution is 2.44. The fraction of sp³-hybridized carbons (Fsp3) is 0.0769. The third-order valence-electron chi connectivity index (χ3n) is 11.0. The van der Waals surface area contributed by atoms with E-state index in [2.05, 4.69) is 197 Å². The maximum absolute atomic E-state index is 4.73. The average Bonchev–Trinajstić information content (AvgIpc) is 3.61. The third-order valence-corrected chi connectivity index (χ3v) is 11.0. The van der Waals surface area contributed by atoms with E-state index in [1.807, 2.05) is 12.4 Å². The fourth-order valence-electron chi connectivity index (χ4n) is 8.17. The minimum Gasteiger partial charge on any atom is -0.292 e. The minimum absolute atomic E-state index is 0.851. The molecule has 10 rings (SSSR count). The van der Waals surface area contributed by atoms with Crippen LogP contribution >= 0.6 is 0 Å². The molecule has 268 valence electrons. The van der Waals surface area contributed by atoms with Crippen LogP contribution in [0.3, 0.4) is 0 Å². The van der Waals surface area contributed by atoms with Crippen molar-refractivity contribution in [2.24, 2.45) is 9.98 Å². The summed E-state index contributed by atoms with van der Waals surface area (Å²) in [6.45, 7) is 0.851. The first-order valence-corrected chi connectivity index (χ1v) is 19.5. The first-order valence-electron chi connectivity index (χ1n) is 19.5. The predicted octanol–water partition coefficient (Wildman–Crippen LogP) is 13.4. The van der Waals surface area contributed by atoms with Crippen molar-refractivity contribution in [2.75, 3.05) is 11.6 Å². The van der Waals surface area contributed by atoms with E-state index in [0.717, 1.165) is 59.5 Å². The van der Waals surface area contributed by atoms with Crippen molar-refractivity contribution in [3.63, 3.8) is 0 Å². The highest BCUT2D eigenvalue weighted by Gasteiger charge is 2.24. The van der Waals surface area contributed by atoms with E-state index < -0.39 is 0 Å². The quantitative estimate of drug-likeness (QED) is 0.154. The zero-order valence-electron chi connectivity index (χ0n) is 31.1. The summed E-state index contributed by atoms with van der Waals surface area (Å²) >= 11 is 0. The molecule has 0 amide bonds. The van der Waals surface area contributed by atoms with Gasteiger partial charge in [-0.2, -0.15) is 0 Å². The number of allylic oxidation sites excluding steroid dienone is 2. The monoisotopic (exact) mass is 720 g/mol.